The summed E-state index contributed by atoms with van der Waals surface area (Å²) in [6.07, 6.45) is 0. The molecule has 2 aliphatic rings. The number of carbonyl (C=O) groups excluding carboxylic acids is 5. The van der Waals surface area contributed by atoms with Crippen molar-refractivity contribution in [1.29, 1.82) is 0 Å². The molecule has 10 heteroatoms. The molecule has 8 rings (SSSR count). The van der Waals surface area contributed by atoms with Gasteiger partial charge in [-0.15, -0.1) is 0 Å². The first kappa shape index (κ1) is 30.5. The molecule has 6 aromatic rings. The third-order valence-corrected chi connectivity index (χ3v) is 9.26. The fourth-order valence-corrected chi connectivity index (χ4v) is 6.89. The number of nitrogens with one attached hydrogen (secondary N) is 2. The average molecular weight is 660 g/mol. The predicted molar refractivity (Wildman–Crippen MR) is 195 cm³/mol. The maximum absolute atomic E-state index is 13.9. The molecule has 10 nitrogen and oxygen atoms in total. The van der Waals surface area contributed by atoms with E-state index in [2.05, 4.69) is 10.6 Å². The number of nitrogens with zero attached hydrogens (tertiary/aromatic N) is 3. The number of aryl methyl sites for hydroxylation is 1. The van der Waals surface area contributed by atoms with Crippen LogP contribution in [-0.2, 0) is 0 Å². The Morgan fingerprint density at radius 3 is 1.84 bits per heavy atom. The summed E-state index contributed by atoms with van der Waals surface area (Å²) >= 11 is 0. The van der Waals surface area contributed by atoms with Crippen LogP contribution in [0.5, 0.6) is 0 Å². The number of imide groups is 2. The van der Waals surface area contributed by atoms with E-state index in [0.717, 1.165) is 26.3 Å². The van der Waals surface area contributed by atoms with Gasteiger partial charge in [-0.1, -0.05) is 54.6 Å². The maximum Gasteiger partial charge on any atom is 0.323 e. The summed E-state index contributed by atoms with van der Waals surface area (Å²) in [5.74, 6) is -1.93. The van der Waals surface area contributed by atoms with Gasteiger partial charge in [0.2, 0.25) is 0 Å². The molecule has 2 aliphatic heterocycles. The highest BCUT2D eigenvalue weighted by Crippen LogP contribution is 2.39. The van der Waals surface area contributed by atoms with Crippen molar-refractivity contribution in [3.05, 3.63) is 137 Å². The highest BCUT2D eigenvalue weighted by Gasteiger charge is 2.37. The lowest BCUT2D eigenvalue weighted by Crippen LogP contribution is -2.41. The lowest BCUT2D eigenvalue weighted by molar-refractivity contribution is 0.0878. The summed E-state index contributed by atoms with van der Waals surface area (Å²) in [6.45, 7) is 1.79. The van der Waals surface area contributed by atoms with Crippen molar-refractivity contribution in [2.24, 2.45) is 0 Å². The fraction of sp³-hybridized carbons (Fsp3) is 0.0750. The van der Waals surface area contributed by atoms with E-state index in [1.807, 2.05) is 43.3 Å². The van der Waals surface area contributed by atoms with Gasteiger partial charge in [-0.25, -0.2) is 14.6 Å². The van der Waals surface area contributed by atoms with Crippen LogP contribution in [0.1, 0.15) is 47.0 Å². The third kappa shape index (κ3) is 4.61. The summed E-state index contributed by atoms with van der Waals surface area (Å²) in [5.41, 5.74) is 4.25. The second kappa shape index (κ2) is 11.4. The first-order valence-electron chi connectivity index (χ1n) is 15.9. The van der Waals surface area contributed by atoms with E-state index in [-0.39, 0.29) is 11.4 Å². The van der Waals surface area contributed by atoms with Crippen molar-refractivity contribution in [2.75, 3.05) is 39.4 Å². The minimum atomic E-state index is -0.654. The van der Waals surface area contributed by atoms with Gasteiger partial charge in [0, 0.05) is 63.9 Å². The van der Waals surface area contributed by atoms with Crippen molar-refractivity contribution in [3.8, 4) is 0 Å². The Kier molecular flexibility index (Phi) is 6.97. The highest BCUT2D eigenvalue weighted by molar-refractivity contribution is 6.38. The van der Waals surface area contributed by atoms with Crippen LogP contribution in [-0.4, -0.2) is 43.8 Å². The number of urea groups is 1. The Bertz CT molecular complexity index is 2430. The van der Waals surface area contributed by atoms with Crippen LogP contribution in [0, 0.1) is 6.92 Å². The van der Waals surface area contributed by atoms with E-state index in [1.165, 1.54) is 0 Å². The van der Waals surface area contributed by atoms with E-state index in [1.54, 1.807) is 91.9 Å². The standard InChI is InChI=1S/C40H29N5O5/c1-22-17-18-24(44-36(46)26-12-6-9-23-10-7-13-27(34(23)26)37(44)47)21-31(22)42-40(50)41-30-15-4-5-16-33(30)45-38(48)28-14-8-11-25-32(43(2)3)20-19-29(35(25)28)39(45)49/h4-21H,1-3H3,(H2,41,42,50). The zero-order chi connectivity index (χ0) is 34.8. The number of para-hydroxylation sites is 2. The molecule has 0 aromatic heterocycles. The van der Waals surface area contributed by atoms with E-state index in [4.69, 9.17) is 0 Å². The number of carbonyl (C=O) groups is 5. The van der Waals surface area contributed by atoms with Crippen LogP contribution in [0.25, 0.3) is 21.5 Å². The molecule has 2 heterocycles. The summed E-state index contributed by atoms with van der Waals surface area (Å²) in [4.78, 5) is 72.8. The molecule has 6 amide bonds. The average Bonchev–Trinajstić information content (AvgIpc) is 3.11. The number of amides is 6. The van der Waals surface area contributed by atoms with Crippen LogP contribution in [0.2, 0.25) is 0 Å². The number of anilines is 5. The van der Waals surface area contributed by atoms with Gasteiger partial charge in [-0.05, 0) is 72.5 Å². The topological polar surface area (TPSA) is 119 Å². The van der Waals surface area contributed by atoms with Crippen molar-refractivity contribution in [1.82, 2.24) is 0 Å². The minimum absolute atomic E-state index is 0.208. The molecular formula is C40H29N5O5. The molecule has 0 radical (unpaired) electrons. The maximum atomic E-state index is 13.9. The Labute approximate surface area is 286 Å². The molecule has 50 heavy (non-hydrogen) atoms. The zero-order valence-corrected chi connectivity index (χ0v) is 27.3. The van der Waals surface area contributed by atoms with Gasteiger partial charge in [0.15, 0.2) is 0 Å². The number of hydrogen-bond acceptors (Lipinski definition) is 6. The molecule has 2 N–H and O–H groups in total. The summed E-state index contributed by atoms with van der Waals surface area (Å²) in [7, 11) is 3.80. The Morgan fingerprint density at radius 2 is 1.16 bits per heavy atom. The van der Waals surface area contributed by atoms with Crippen molar-refractivity contribution in [3.63, 3.8) is 0 Å². The Balaban J connectivity index is 1.09. The van der Waals surface area contributed by atoms with Crippen LogP contribution in [0.15, 0.2) is 109 Å². The lowest BCUT2D eigenvalue weighted by atomic mass is 9.92. The molecule has 0 spiro atoms. The lowest BCUT2D eigenvalue weighted by Gasteiger charge is -2.30. The molecule has 0 fully saturated rings. The van der Waals surface area contributed by atoms with Gasteiger partial charge >= 0.3 is 6.03 Å². The number of hydrogen-bond donors (Lipinski definition) is 2. The second-order valence-corrected chi connectivity index (χ2v) is 12.5. The molecule has 0 saturated carbocycles. The first-order chi connectivity index (χ1) is 24.1. The third-order valence-electron chi connectivity index (χ3n) is 9.26. The molecule has 244 valence electrons. The number of benzene rings is 6. The van der Waals surface area contributed by atoms with Crippen LogP contribution in [0.3, 0.4) is 0 Å². The Morgan fingerprint density at radius 1 is 0.580 bits per heavy atom. The van der Waals surface area contributed by atoms with Crippen LogP contribution < -0.4 is 25.3 Å². The molecule has 0 saturated heterocycles. The smallest absolute Gasteiger partial charge is 0.323 e. The first-order valence-corrected chi connectivity index (χ1v) is 15.9. The summed E-state index contributed by atoms with van der Waals surface area (Å²) < 4.78 is 0. The quantitative estimate of drug-likeness (QED) is 0.184. The molecule has 0 atom stereocenters. The van der Waals surface area contributed by atoms with Gasteiger partial charge in [-0.3, -0.25) is 19.2 Å². The van der Waals surface area contributed by atoms with Crippen molar-refractivity contribution >= 4 is 79.6 Å². The van der Waals surface area contributed by atoms with E-state index < -0.39 is 29.7 Å². The van der Waals surface area contributed by atoms with Gasteiger partial charge < -0.3 is 15.5 Å². The van der Waals surface area contributed by atoms with Gasteiger partial charge in [-0.2, -0.15) is 0 Å². The highest BCUT2D eigenvalue weighted by atomic mass is 16.2. The second-order valence-electron chi connectivity index (χ2n) is 12.5. The normalized spacial score (nSPS) is 13.7. The van der Waals surface area contributed by atoms with E-state index in [0.29, 0.717) is 50.0 Å². The van der Waals surface area contributed by atoms with E-state index >= 15 is 0 Å². The Hall–Kier alpha value is -6.81. The van der Waals surface area contributed by atoms with Gasteiger partial charge in [0.25, 0.3) is 23.6 Å². The predicted octanol–water partition coefficient (Wildman–Crippen LogP) is 7.61. The fourth-order valence-electron chi connectivity index (χ4n) is 6.89. The zero-order valence-electron chi connectivity index (χ0n) is 27.3. The number of rotatable bonds is 5. The largest absolute Gasteiger partial charge is 0.377 e. The van der Waals surface area contributed by atoms with Crippen molar-refractivity contribution < 1.29 is 24.0 Å². The molecule has 0 aliphatic carbocycles. The molecular weight excluding hydrogens is 630 g/mol. The van der Waals surface area contributed by atoms with Crippen LogP contribution >= 0.6 is 0 Å². The van der Waals surface area contributed by atoms with Gasteiger partial charge in [0.1, 0.15) is 0 Å². The van der Waals surface area contributed by atoms with Crippen LogP contribution in [0.4, 0.5) is 33.2 Å². The summed E-state index contributed by atoms with van der Waals surface area (Å²) in [5, 5.41) is 8.42. The SMILES string of the molecule is Cc1ccc(N2C(=O)c3cccc4cccc(c34)C2=O)cc1NC(=O)Nc1ccccc1N1C(=O)c2cccc3c(N(C)C)ccc(c23)C1=O. The molecule has 0 bridgehead atoms. The summed E-state index contributed by atoms with van der Waals surface area (Å²) in [6, 6.07) is 30.5. The van der Waals surface area contributed by atoms with E-state index in [9.17, 15) is 24.0 Å². The monoisotopic (exact) mass is 659 g/mol. The minimum Gasteiger partial charge on any atom is -0.377 e. The van der Waals surface area contributed by atoms with Gasteiger partial charge in [0.05, 0.1) is 17.1 Å². The molecule has 6 aromatic carbocycles. The molecule has 0 unspecified atom stereocenters. The van der Waals surface area contributed by atoms with Crippen molar-refractivity contribution in [2.45, 2.75) is 6.92 Å².